The molecule has 0 amide bonds. The van der Waals surface area contributed by atoms with Gasteiger partial charge in [-0.3, -0.25) is 4.55 Å². The molecule has 0 spiro atoms. The third kappa shape index (κ3) is 1.68. The van der Waals surface area contributed by atoms with E-state index in [-0.39, 0.29) is 16.8 Å². The molecule has 7 heteroatoms. The van der Waals surface area contributed by atoms with Crippen molar-refractivity contribution in [3.05, 3.63) is 46.4 Å². The third-order valence-electron chi connectivity index (χ3n) is 2.72. The van der Waals surface area contributed by atoms with Gasteiger partial charge >= 0.3 is 0 Å². The lowest BCUT2D eigenvalue weighted by atomic mass is 9.92. The summed E-state index contributed by atoms with van der Waals surface area (Å²) in [6.07, 6.45) is 0.771. The fourth-order valence-electron chi connectivity index (χ4n) is 1.83. The zero-order valence-corrected chi connectivity index (χ0v) is 9.38. The largest absolute Gasteiger partial charge is 0.369 e. The van der Waals surface area contributed by atoms with Crippen molar-refractivity contribution in [1.29, 1.82) is 0 Å². The van der Waals surface area contributed by atoms with Crippen LogP contribution < -0.4 is 0 Å². The lowest BCUT2D eigenvalue weighted by molar-refractivity contribution is 0.114. The van der Waals surface area contributed by atoms with Crippen LogP contribution in [0.1, 0.15) is 17.5 Å². The van der Waals surface area contributed by atoms with E-state index in [0.29, 0.717) is 0 Å². The molecule has 0 radical (unpaired) electrons. The van der Waals surface area contributed by atoms with Crippen LogP contribution in [0.2, 0.25) is 0 Å². The lowest BCUT2D eigenvalue weighted by Crippen LogP contribution is -2.37. The zero-order valence-electron chi connectivity index (χ0n) is 8.57. The Hall–Kier alpha value is -1.57. The summed E-state index contributed by atoms with van der Waals surface area (Å²) in [6, 6.07) is 5.87. The second-order valence-electron chi connectivity index (χ2n) is 3.69. The van der Waals surface area contributed by atoms with Crippen molar-refractivity contribution in [2.45, 2.75) is 11.4 Å². The molecule has 1 unspecified atom stereocenters. The van der Waals surface area contributed by atoms with Crippen molar-refractivity contribution in [2.24, 2.45) is 5.18 Å². The lowest BCUT2D eigenvalue weighted by Gasteiger charge is -2.29. The van der Waals surface area contributed by atoms with Crippen molar-refractivity contribution in [3.63, 3.8) is 0 Å². The molecule has 1 aliphatic rings. The van der Waals surface area contributed by atoms with E-state index in [0.717, 1.165) is 0 Å². The Kier molecular flexibility index (Phi) is 2.61. The highest BCUT2D eigenvalue weighted by atomic mass is 32.2. The van der Waals surface area contributed by atoms with E-state index in [1.807, 2.05) is 0 Å². The van der Waals surface area contributed by atoms with Crippen LogP contribution in [0.4, 0.5) is 0 Å². The number of benzene rings is 1. The smallest absolute Gasteiger partial charge is 0.299 e. The number of rotatable bonds is 2. The Morgan fingerprint density at radius 1 is 1.29 bits per heavy atom. The van der Waals surface area contributed by atoms with Crippen LogP contribution in [0.3, 0.4) is 0 Å². The maximum absolute atomic E-state index is 11.2. The molecule has 0 aromatic heterocycles. The second-order valence-corrected chi connectivity index (χ2v) is 5.32. The normalized spacial score (nSPS) is 23.8. The predicted molar refractivity (Wildman–Crippen MR) is 60.3 cm³/mol. The summed E-state index contributed by atoms with van der Waals surface area (Å²) in [5, 5.41) is 12.8. The minimum Gasteiger partial charge on any atom is -0.369 e. The van der Waals surface area contributed by atoms with Crippen LogP contribution >= 0.6 is 0 Å². The average molecular weight is 255 g/mol. The first-order valence-electron chi connectivity index (χ1n) is 4.73. The molecule has 1 atom stereocenters. The van der Waals surface area contributed by atoms with Crippen LogP contribution in [0.5, 0.6) is 0 Å². The molecule has 0 saturated heterocycles. The Bertz CT molecular complexity index is 607. The fraction of sp³-hybridized carbons (Fsp3) is 0.200. The Morgan fingerprint density at radius 3 is 2.53 bits per heavy atom. The minimum absolute atomic E-state index is 0.0420. The summed E-state index contributed by atoms with van der Waals surface area (Å²) in [5.41, 5.74) is 0.211. The standard InChI is InChI=1S/C10H9NO5S/c12-10(17(14,15)16)6-5-9(11-13)7-3-1-2-4-8(7)10/h1-5,12H,6H2,(H,14,15,16). The molecular formula is C10H9NO5S. The van der Waals surface area contributed by atoms with Crippen LogP contribution in [0.15, 0.2) is 35.5 Å². The average Bonchev–Trinajstić information content (AvgIpc) is 2.28. The van der Waals surface area contributed by atoms with Crippen molar-refractivity contribution < 1.29 is 18.1 Å². The summed E-state index contributed by atoms with van der Waals surface area (Å²) in [7, 11) is -4.70. The number of nitroso groups, excluding NO2 is 1. The first kappa shape index (κ1) is 11.9. The maximum atomic E-state index is 11.2. The molecule has 6 nitrogen and oxygen atoms in total. The van der Waals surface area contributed by atoms with Crippen molar-refractivity contribution >= 4 is 15.8 Å². The van der Waals surface area contributed by atoms with Crippen molar-refractivity contribution in [3.8, 4) is 0 Å². The Balaban J connectivity index is 2.75. The molecule has 0 saturated carbocycles. The highest BCUT2D eigenvalue weighted by Gasteiger charge is 2.45. The van der Waals surface area contributed by atoms with Gasteiger partial charge in [-0.25, -0.2) is 0 Å². The zero-order chi connectivity index (χ0) is 12.7. The topological polar surface area (TPSA) is 104 Å². The molecule has 0 fully saturated rings. The van der Waals surface area contributed by atoms with Crippen LogP contribution in [0.25, 0.3) is 5.70 Å². The van der Waals surface area contributed by atoms with Gasteiger partial charge in [-0.05, 0) is 5.18 Å². The first-order chi connectivity index (χ1) is 7.90. The third-order valence-corrected chi connectivity index (χ3v) is 3.96. The van der Waals surface area contributed by atoms with E-state index in [1.54, 1.807) is 6.07 Å². The van der Waals surface area contributed by atoms with Gasteiger partial charge < -0.3 is 5.11 Å². The molecule has 0 heterocycles. The van der Waals surface area contributed by atoms with E-state index >= 15 is 0 Å². The van der Waals surface area contributed by atoms with Gasteiger partial charge in [0.25, 0.3) is 10.1 Å². The SMILES string of the molecule is O=NC1=CCC(O)(S(=O)(=O)O)c2ccccc21. The summed E-state index contributed by atoms with van der Waals surface area (Å²) < 4.78 is 31.6. The van der Waals surface area contributed by atoms with E-state index in [1.165, 1.54) is 24.3 Å². The Labute approximate surface area is 97.3 Å². The predicted octanol–water partition coefficient (Wildman–Crippen LogP) is 1.23. The molecule has 0 bridgehead atoms. The molecule has 2 rings (SSSR count). The monoisotopic (exact) mass is 255 g/mol. The maximum Gasteiger partial charge on any atom is 0.299 e. The molecule has 1 aromatic rings. The second kappa shape index (κ2) is 3.73. The van der Waals surface area contributed by atoms with Gasteiger partial charge in [0.2, 0.25) is 4.93 Å². The van der Waals surface area contributed by atoms with E-state index in [4.69, 9.17) is 4.55 Å². The number of fused-ring (bicyclic) bond motifs is 1. The van der Waals surface area contributed by atoms with Crippen LogP contribution in [-0.4, -0.2) is 18.1 Å². The summed E-state index contributed by atoms with van der Waals surface area (Å²) in [4.78, 5) is 8.15. The number of hydrogen-bond acceptors (Lipinski definition) is 5. The quantitative estimate of drug-likeness (QED) is 0.611. The van der Waals surface area contributed by atoms with Gasteiger partial charge in [0.1, 0.15) is 5.70 Å². The highest BCUT2D eigenvalue weighted by molar-refractivity contribution is 7.86. The van der Waals surface area contributed by atoms with Crippen LogP contribution in [-0.2, 0) is 15.1 Å². The van der Waals surface area contributed by atoms with Crippen LogP contribution in [0, 0.1) is 4.91 Å². The van der Waals surface area contributed by atoms with E-state index < -0.39 is 21.5 Å². The fourth-order valence-corrected chi connectivity index (χ4v) is 2.58. The molecule has 2 N–H and O–H groups in total. The highest BCUT2D eigenvalue weighted by Crippen LogP contribution is 2.40. The van der Waals surface area contributed by atoms with Gasteiger partial charge in [0, 0.05) is 17.5 Å². The van der Waals surface area contributed by atoms with Gasteiger partial charge in [-0.15, -0.1) is 4.91 Å². The Morgan fingerprint density at radius 2 is 1.94 bits per heavy atom. The summed E-state index contributed by atoms with van der Waals surface area (Å²) in [5.74, 6) is 0. The van der Waals surface area contributed by atoms with Crippen molar-refractivity contribution in [1.82, 2.24) is 0 Å². The van der Waals surface area contributed by atoms with E-state index in [9.17, 15) is 18.4 Å². The van der Waals surface area contributed by atoms with Gasteiger partial charge in [0.15, 0.2) is 0 Å². The first-order valence-corrected chi connectivity index (χ1v) is 6.17. The molecule has 1 aromatic carbocycles. The van der Waals surface area contributed by atoms with E-state index in [2.05, 4.69) is 5.18 Å². The number of aliphatic hydroxyl groups is 1. The van der Waals surface area contributed by atoms with Gasteiger partial charge in [-0.1, -0.05) is 30.3 Å². The number of nitrogens with zero attached hydrogens (tertiary/aromatic N) is 1. The molecule has 90 valence electrons. The number of hydrogen-bond donors (Lipinski definition) is 2. The summed E-state index contributed by atoms with van der Waals surface area (Å²) in [6.45, 7) is 0. The van der Waals surface area contributed by atoms with Gasteiger partial charge in [0.05, 0.1) is 0 Å². The van der Waals surface area contributed by atoms with Gasteiger partial charge in [-0.2, -0.15) is 8.42 Å². The minimum atomic E-state index is -4.70. The summed E-state index contributed by atoms with van der Waals surface area (Å²) >= 11 is 0. The molecule has 1 aliphatic carbocycles. The molecule has 0 aliphatic heterocycles. The van der Waals surface area contributed by atoms with Crippen molar-refractivity contribution in [2.75, 3.05) is 0 Å². The molecule has 17 heavy (non-hydrogen) atoms. The molecular weight excluding hydrogens is 246 g/mol.